The van der Waals surface area contributed by atoms with Crippen molar-refractivity contribution in [3.63, 3.8) is 0 Å². The number of benzene rings is 1. The van der Waals surface area contributed by atoms with E-state index in [0.717, 1.165) is 35.1 Å². The Balaban J connectivity index is 1.81. The average Bonchev–Trinajstić information content (AvgIpc) is 2.95. The average molecular weight is 345 g/mol. The van der Waals surface area contributed by atoms with E-state index in [1.54, 1.807) is 0 Å². The van der Waals surface area contributed by atoms with Gasteiger partial charge in [0.2, 0.25) is 0 Å². The number of furan rings is 1. The number of rotatable bonds is 6. The molecule has 0 radical (unpaired) electrons. The third-order valence-corrected chi connectivity index (χ3v) is 5.55. The van der Waals surface area contributed by atoms with E-state index in [-0.39, 0.29) is 0 Å². The van der Waals surface area contributed by atoms with E-state index >= 15 is 0 Å². The molecule has 1 aromatic heterocycles. The summed E-state index contributed by atoms with van der Waals surface area (Å²) >= 11 is 0. The second-order valence-corrected chi connectivity index (χ2v) is 7.07. The second-order valence-electron chi connectivity index (χ2n) is 7.07. The molecule has 5 heteroatoms. The summed E-state index contributed by atoms with van der Waals surface area (Å²) in [6, 6.07) is 8.00. The molecule has 1 aliphatic heterocycles. The van der Waals surface area contributed by atoms with Crippen LogP contribution in [0, 0.1) is 5.41 Å². The number of carbonyl (C=O) groups is 1. The molecule has 2 N–H and O–H groups in total. The Morgan fingerprint density at radius 3 is 2.76 bits per heavy atom. The van der Waals surface area contributed by atoms with Gasteiger partial charge in [0.05, 0.1) is 11.5 Å². The number of fused-ring (bicyclic) bond motifs is 1. The summed E-state index contributed by atoms with van der Waals surface area (Å²) in [6.45, 7) is 5.78. The molecule has 25 heavy (non-hydrogen) atoms. The zero-order valence-electron chi connectivity index (χ0n) is 15.0. The molecule has 1 fully saturated rings. The van der Waals surface area contributed by atoms with Crippen LogP contribution in [-0.4, -0.2) is 40.3 Å². The Kier molecular flexibility index (Phi) is 5.16. The van der Waals surface area contributed by atoms with Crippen molar-refractivity contribution >= 4 is 16.9 Å². The van der Waals surface area contributed by atoms with Crippen LogP contribution in [0.2, 0.25) is 0 Å². The normalized spacial score (nSPS) is 24.7. The molecule has 0 unspecified atom stereocenters. The largest absolute Gasteiger partial charge is 0.481 e. The maximum atomic E-state index is 11.8. The quantitative estimate of drug-likeness (QED) is 0.839. The van der Waals surface area contributed by atoms with Crippen molar-refractivity contribution in [3.05, 3.63) is 35.6 Å². The van der Waals surface area contributed by atoms with Gasteiger partial charge in [-0.1, -0.05) is 38.5 Å². The van der Waals surface area contributed by atoms with E-state index in [2.05, 4.69) is 17.9 Å². The summed E-state index contributed by atoms with van der Waals surface area (Å²) < 4.78 is 5.95. The number of hydrogen-bond donors (Lipinski definition) is 2. The molecule has 0 bridgehead atoms. The second kappa shape index (κ2) is 7.18. The lowest BCUT2D eigenvalue weighted by Crippen LogP contribution is -2.54. The van der Waals surface area contributed by atoms with Crippen LogP contribution in [0.15, 0.2) is 28.7 Å². The van der Waals surface area contributed by atoms with Crippen molar-refractivity contribution in [3.8, 4) is 0 Å². The molecule has 1 saturated heterocycles. The Bertz CT molecular complexity index is 753. The van der Waals surface area contributed by atoms with Crippen LogP contribution in [0.25, 0.3) is 11.0 Å². The van der Waals surface area contributed by atoms with E-state index in [4.69, 9.17) is 4.42 Å². The van der Waals surface area contributed by atoms with Crippen LogP contribution in [0.3, 0.4) is 0 Å². The number of β-amino-alcohol motifs (C(OH)–C–C–N with tert-alkyl or cyclic N) is 1. The minimum absolute atomic E-state index is 0.384. The van der Waals surface area contributed by atoms with E-state index in [1.807, 2.05) is 25.1 Å². The predicted octanol–water partition coefficient (Wildman–Crippen LogP) is 3.43. The van der Waals surface area contributed by atoms with Crippen LogP contribution in [0.5, 0.6) is 0 Å². The molecule has 1 aliphatic rings. The third kappa shape index (κ3) is 3.18. The Morgan fingerprint density at radius 1 is 1.36 bits per heavy atom. The van der Waals surface area contributed by atoms with E-state index in [1.165, 1.54) is 0 Å². The number of carboxylic acids is 1. The number of likely N-dealkylation sites (tertiary alicyclic amines) is 1. The van der Waals surface area contributed by atoms with E-state index in [0.29, 0.717) is 32.5 Å². The van der Waals surface area contributed by atoms with Gasteiger partial charge in [-0.05, 0) is 25.5 Å². The number of aliphatic hydroxyl groups excluding tert-OH is 1. The van der Waals surface area contributed by atoms with Gasteiger partial charge in [0, 0.05) is 30.5 Å². The topological polar surface area (TPSA) is 73.9 Å². The van der Waals surface area contributed by atoms with Crippen molar-refractivity contribution in [2.75, 3.05) is 13.1 Å². The molecule has 2 heterocycles. The van der Waals surface area contributed by atoms with Gasteiger partial charge in [0.15, 0.2) is 0 Å². The number of para-hydroxylation sites is 1. The Hall–Kier alpha value is -1.85. The van der Waals surface area contributed by atoms with Crippen LogP contribution in [-0.2, 0) is 17.8 Å². The first-order valence-electron chi connectivity index (χ1n) is 9.15. The molecule has 1 aromatic carbocycles. The SMILES string of the molecule is CCC[C@]1(C(=O)O)CCN(Cc2c(CC)oc3ccccc23)C[C@H]1O. The minimum Gasteiger partial charge on any atom is -0.481 e. The molecule has 0 spiro atoms. The van der Waals surface area contributed by atoms with Gasteiger partial charge in [-0.3, -0.25) is 9.69 Å². The minimum atomic E-state index is -1.00. The zero-order chi connectivity index (χ0) is 18.0. The maximum Gasteiger partial charge on any atom is 0.312 e. The molecular weight excluding hydrogens is 318 g/mol. The molecule has 2 atom stereocenters. The number of aryl methyl sites for hydroxylation is 1. The van der Waals surface area contributed by atoms with Crippen molar-refractivity contribution in [1.82, 2.24) is 4.90 Å². The zero-order valence-corrected chi connectivity index (χ0v) is 15.0. The number of carboxylic acid groups (broad SMARTS) is 1. The summed E-state index contributed by atoms with van der Waals surface area (Å²) in [4.78, 5) is 13.9. The van der Waals surface area contributed by atoms with Crippen LogP contribution in [0.4, 0.5) is 0 Å². The van der Waals surface area contributed by atoms with Crippen molar-refractivity contribution < 1.29 is 19.4 Å². The van der Waals surface area contributed by atoms with Gasteiger partial charge in [-0.25, -0.2) is 0 Å². The molecule has 0 saturated carbocycles. The summed E-state index contributed by atoms with van der Waals surface area (Å²) in [5, 5.41) is 21.4. The first-order chi connectivity index (χ1) is 12.0. The van der Waals surface area contributed by atoms with Crippen molar-refractivity contribution in [1.29, 1.82) is 0 Å². The molecule has 2 aromatic rings. The Labute approximate surface area is 148 Å². The van der Waals surface area contributed by atoms with Crippen molar-refractivity contribution in [2.45, 2.75) is 52.2 Å². The third-order valence-electron chi connectivity index (χ3n) is 5.55. The summed E-state index contributed by atoms with van der Waals surface area (Å²) in [5.74, 6) is 0.101. The van der Waals surface area contributed by atoms with Gasteiger partial charge in [-0.2, -0.15) is 0 Å². The summed E-state index contributed by atoms with van der Waals surface area (Å²) in [5.41, 5.74) is 1.04. The van der Waals surface area contributed by atoms with Gasteiger partial charge in [0.1, 0.15) is 11.3 Å². The standard InChI is InChI=1S/C20H27NO4/c1-3-9-20(19(23)24)10-11-21(13-18(20)22)12-15-14-7-5-6-8-17(14)25-16(15)4-2/h5-8,18,22H,3-4,9-13H2,1-2H3,(H,23,24)/t18-,20+/m1/s1. The molecular formula is C20H27NO4. The monoisotopic (exact) mass is 345 g/mol. The molecule has 5 nitrogen and oxygen atoms in total. The molecule has 0 aliphatic carbocycles. The molecule has 3 rings (SSSR count). The summed E-state index contributed by atoms with van der Waals surface area (Å²) in [6.07, 6.45) is 1.73. The van der Waals surface area contributed by atoms with Gasteiger partial charge >= 0.3 is 5.97 Å². The molecule has 0 amide bonds. The fourth-order valence-electron chi connectivity index (χ4n) is 4.10. The smallest absolute Gasteiger partial charge is 0.312 e. The predicted molar refractivity (Wildman–Crippen MR) is 96.5 cm³/mol. The highest BCUT2D eigenvalue weighted by Crippen LogP contribution is 2.38. The highest BCUT2D eigenvalue weighted by molar-refractivity contribution is 5.82. The lowest BCUT2D eigenvalue weighted by molar-refractivity contribution is -0.164. The molecule has 136 valence electrons. The number of nitrogens with zero attached hydrogens (tertiary/aromatic N) is 1. The van der Waals surface area contributed by atoms with Crippen LogP contribution in [0.1, 0.15) is 44.4 Å². The van der Waals surface area contributed by atoms with E-state index < -0.39 is 17.5 Å². The van der Waals surface area contributed by atoms with Gasteiger partial charge in [0.25, 0.3) is 0 Å². The van der Waals surface area contributed by atoms with E-state index in [9.17, 15) is 15.0 Å². The van der Waals surface area contributed by atoms with Gasteiger partial charge in [-0.15, -0.1) is 0 Å². The number of aliphatic carboxylic acids is 1. The van der Waals surface area contributed by atoms with Crippen molar-refractivity contribution in [2.24, 2.45) is 5.41 Å². The van der Waals surface area contributed by atoms with Crippen LogP contribution >= 0.6 is 0 Å². The number of piperidine rings is 1. The van der Waals surface area contributed by atoms with Crippen LogP contribution < -0.4 is 0 Å². The first kappa shape index (κ1) is 18.0. The lowest BCUT2D eigenvalue weighted by atomic mass is 9.72. The highest BCUT2D eigenvalue weighted by Gasteiger charge is 2.47. The van der Waals surface area contributed by atoms with Gasteiger partial charge < -0.3 is 14.6 Å². The lowest BCUT2D eigenvalue weighted by Gasteiger charge is -2.42. The number of hydrogen-bond acceptors (Lipinski definition) is 4. The first-order valence-corrected chi connectivity index (χ1v) is 9.15. The fraction of sp³-hybridized carbons (Fsp3) is 0.550. The summed E-state index contributed by atoms with van der Waals surface area (Å²) in [7, 11) is 0. The fourth-order valence-corrected chi connectivity index (χ4v) is 4.10. The Morgan fingerprint density at radius 2 is 2.12 bits per heavy atom. The maximum absolute atomic E-state index is 11.8. The number of aliphatic hydroxyl groups is 1. The highest BCUT2D eigenvalue weighted by atomic mass is 16.4.